The van der Waals surface area contributed by atoms with Crippen LogP contribution in [0.3, 0.4) is 0 Å². The normalized spacial score (nSPS) is 12.0. The van der Waals surface area contributed by atoms with E-state index in [1.807, 2.05) is 24.7 Å². The molecule has 0 aliphatic heterocycles. The predicted molar refractivity (Wildman–Crippen MR) is 88.2 cm³/mol. The number of rotatable bonds is 6. The van der Waals surface area contributed by atoms with Crippen LogP contribution in [0, 0.1) is 0 Å². The van der Waals surface area contributed by atoms with Gasteiger partial charge in [-0.25, -0.2) is 4.98 Å². The van der Waals surface area contributed by atoms with Crippen molar-refractivity contribution in [2.24, 2.45) is 7.05 Å². The fourth-order valence-electron chi connectivity index (χ4n) is 1.93. The van der Waals surface area contributed by atoms with Crippen molar-refractivity contribution in [2.45, 2.75) is 30.7 Å². The Morgan fingerprint density at radius 1 is 1.32 bits per heavy atom. The molecule has 0 aliphatic carbocycles. The molecule has 6 heteroatoms. The molecule has 5 nitrogen and oxygen atoms in total. The van der Waals surface area contributed by atoms with Gasteiger partial charge < -0.3 is 9.88 Å². The van der Waals surface area contributed by atoms with E-state index < -0.39 is 0 Å². The summed E-state index contributed by atoms with van der Waals surface area (Å²) >= 11 is 1.44. The molecule has 1 heterocycles. The molecule has 116 valence electrons. The number of hydrogen-bond donors (Lipinski definition) is 1. The maximum atomic E-state index is 12.4. The summed E-state index contributed by atoms with van der Waals surface area (Å²) in [5, 5.41) is 3.48. The molecular weight excluding hydrogens is 298 g/mol. The molecule has 2 aromatic rings. The topological polar surface area (TPSA) is 64.0 Å². The molecule has 1 aromatic heterocycles. The first-order valence-corrected chi connectivity index (χ1v) is 7.95. The number of ketones is 1. The SMILES string of the molecule is CCC(Sc1nccn1C)C(=O)Nc1ccc(C(C)=O)cc1. The van der Waals surface area contributed by atoms with Crippen LogP contribution in [-0.4, -0.2) is 26.5 Å². The Bertz CT molecular complexity index is 664. The van der Waals surface area contributed by atoms with Gasteiger partial charge in [-0.2, -0.15) is 0 Å². The number of amides is 1. The quantitative estimate of drug-likeness (QED) is 0.657. The summed E-state index contributed by atoms with van der Waals surface area (Å²) in [6.07, 6.45) is 4.27. The van der Waals surface area contributed by atoms with Gasteiger partial charge in [-0.05, 0) is 37.6 Å². The lowest BCUT2D eigenvalue weighted by Crippen LogP contribution is -2.25. The van der Waals surface area contributed by atoms with Gasteiger partial charge >= 0.3 is 0 Å². The Hall–Kier alpha value is -2.08. The molecule has 1 unspecified atom stereocenters. The number of Topliss-reactive ketones (excluding diaryl/α,β-unsaturated/α-hetero) is 1. The lowest BCUT2D eigenvalue weighted by molar-refractivity contribution is -0.115. The average molecular weight is 317 g/mol. The number of nitrogens with zero attached hydrogens (tertiary/aromatic N) is 2. The molecule has 0 aliphatic rings. The highest BCUT2D eigenvalue weighted by Gasteiger charge is 2.20. The van der Waals surface area contributed by atoms with E-state index in [1.54, 1.807) is 30.5 Å². The third-order valence-electron chi connectivity index (χ3n) is 3.25. The second-order valence-electron chi connectivity index (χ2n) is 4.96. The Labute approximate surface area is 134 Å². The van der Waals surface area contributed by atoms with Crippen molar-refractivity contribution in [3.05, 3.63) is 42.2 Å². The van der Waals surface area contributed by atoms with Crippen LogP contribution in [0.1, 0.15) is 30.6 Å². The maximum absolute atomic E-state index is 12.4. The first kappa shape index (κ1) is 16.3. The molecular formula is C16H19N3O2S. The van der Waals surface area contributed by atoms with Gasteiger partial charge in [-0.15, -0.1) is 0 Å². The number of anilines is 1. The monoisotopic (exact) mass is 317 g/mol. The van der Waals surface area contributed by atoms with Crippen LogP contribution in [-0.2, 0) is 11.8 Å². The van der Waals surface area contributed by atoms with E-state index in [4.69, 9.17) is 0 Å². The van der Waals surface area contributed by atoms with Gasteiger partial charge in [0.25, 0.3) is 0 Å². The van der Waals surface area contributed by atoms with Gasteiger partial charge in [0, 0.05) is 30.7 Å². The van der Waals surface area contributed by atoms with Gasteiger partial charge in [0.05, 0.1) is 5.25 Å². The van der Waals surface area contributed by atoms with Gasteiger partial charge in [-0.3, -0.25) is 9.59 Å². The summed E-state index contributed by atoms with van der Waals surface area (Å²) in [7, 11) is 1.90. The first-order valence-electron chi connectivity index (χ1n) is 7.07. The molecule has 2 rings (SSSR count). The summed E-state index contributed by atoms with van der Waals surface area (Å²) in [5.41, 5.74) is 1.32. The molecule has 1 aromatic carbocycles. The summed E-state index contributed by atoms with van der Waals surface area (Å²) in [5.74, 6) is -0.0549. The molecule has 0 saturated carbocycles. The molecule has 1 atom stereocenters. The standard InChI is InChI=1S/C16H19N3O2S/c1-4-14(22-16-17-9-10-19(16)3)15(21)18-13-7-5-12(6-8-13)11(2)20/h5-10,14H,4H2,1-3H3,(H,18,21). The fraction of sp³-hybridized carbons (Fsp3) is 0.312. The van der Waals surface area contributed by atoms with E-state index in [-0.39, 0.29) is 16.9 Å². The maximum Gasteiger partial charge on any atom is 0.237 e. The highest BCUT2D eigenvalue weighted by atomic mass is 32.2. The minimum Gasteiger partial charge on any atom is -0.329 e. The number of benzene rings is 1. The van der Waals surface area contributed by atoms with Crippen molar-refractivity contribution in [3.8, 4) is 0 Å². The van der Waals surface area contributed by atoms with E-state index in [0.29, 0.717) is 17.7 Å². The number of imidazole rings is 1. The summed E-state index contributed by atoms with van der Waals surface area (Å²) < 4.78 is 1.89. The van der Waals surface area contributed by atoms with Gasteiger partial charge in [-0.1, -0.05) is 18.7 Å². The minimum absolute atomic E-state index is 0.00893. The molecule has 0 saturated heterocycles. The second-order valence-corrected chi connectivity index (χ2v) is 6.13. The number of aromatic nitrogens is 2. The van der Waals surface area contributed by atoms with Crippen molar-refractivity contribution >= 4 is 29.1 Å². The number of carbonyl (C=O) groups excluding carboxylic acids is 2. The smallest absolute Gasteiger partial charge is 0.237 e. The van der Waals surface area contributed by atoms with Gasteiger partial charge in [0.2, 0.25) is 5.91 Å². The third-order valence-corrected chi connectivity index (χ3v) is 4.68. The number of nitrogens with one attached hydrogen (secondary N) is 1. The molecule has 0 spiro atoms. The average Bonchev–Trinajstić information content (AvgIpc) is 2.90. The second kappa shape index (κ2) is 7.26. The van der Waals surface area contributed by atoms with E-state index in [1.165, 1.54) is 18.7 Å². The minimum atomic E-state index is -0.214. The van der Waals surface area contributed by atoms with Crippen LogP contribution in [0.2, 0.25) is 0 Å². The zero-order valence-electron chi connectivity index (χ0n) is 12.9. The molecule has 0 bridgehead atoms. The van der Waals surface area contributed by atoms with Crippen LogP contribution in [0.5, 0.6) is 0 Å². The zero-order valence-corrected chi connectivity index (χ0v) is 13.7. The van der Waals surface area contributed by atoms with Crippen LogP contribution < -0.4 is 5.32 Å². The molecule has 0 fully saturated rings. The van der Waals surface area contributed by atoms with Crippen LogP contribution in [0.25, 0.3) is 0 Å². The van der Waals surface area contributed by atoms with E-state index in [9.17, 15) is 9.59 Å². The zero-order chi connectivity index (χ0) is 16.1. The molecule has 22 heavy (non-hydrogen) atoms. The van der Waals surface area contributed by atoms with Crippen molar-refractivity contribution < 1.29 is 9.59 Å². The summed E-state index contributed by atoms with van der Waals surface area (Å²) in [6, 6.07) is 6.91. The molecule has 0 radical (unpaired) electrons. The number of aryl methyl sites for hydroxylation is 1. The van der Waals surface area contributed by atoms with E-state index in [0.717, 1.165) is 5.16 Å². The lowest BCUT2D eigenvalue weighted by Gasteiger charge is -2.14. The highest BCUT2D eigenvalue weighted by Crippen LogP contribution is 2.24. The Morgan fingerprint density at radius 2 is 2.00 bits per heavy atom. The number of hydrogen-bond acceptors (Lipinski definition) is 4. The van der Waals surface area contributed by atoms with Crippen molar-refractivity contribution in [1.82, 2.24) is 9.55 Å². The number of thioether (sulfide) groups is 1. The largest absolute Gasteiger partial charge is 0.329 e. The molecule has 1 amide bonds. The van der Waals surface area contributed by atoms with Crippen LogP contribution in [0.4, 0.5) is 5.69 Å². The molecule has 1 N–H and O–H groups in total. The van der Waals surface area contributed by atoms with Gasteiger partial charge in [0.1, 0.15) is 0 Å². The summed E-state index contributed by atoms with van der Waals surface area (Å²) in [6.45, 7) is 3.49. The predicted octanol–water partition coefficient (Wildman–Crippen LogP) is 3.13. The van der Waals surface area contributed by atoms with E-state index >= 15 is 0 Å². The van der Waals surface area contributed by atoms with Crippen molar-refractivity contribution in [3.63, 3.8) is 0 Å². The van der Waals surface area contributed by atoms with E-state index in [2.05, 4.69) is 10.3 Å². The first-order chi connectivity index (χ1) is 10.5. The Kier molecular flexibility index (Phi) is 5.38. The van der Waals surface area contributed by atoms with Crippen molar-refractivity contribution in [2.75, 3.05) is 5.32 Å². The van der Waals surface area contributed by atoms with Crippen LogP contribution in [0.15, 0.2) is 41.8 Å². The Balaban J connectivity index is 2.02. The number of carbonyl (C=O) groups is 2. The Morgan fingerprint density at radius 3 is 2.50 bits per heavy atom. The fourth-order valence-corrected chi connectivity index (χ4v) is 2.86. The third kappa shape index (κ3) is 3.98. The van der Waals surface area contributed by atoms with Crippen LogP contribution >= 0.6 is 11.8 Å². The lowest BCUT2D eigenvalue weighted by atomic mass is 10.1. The van der Waals surface area contributed by atoms with Crippen molar-refractivity contribution in [1.29, 1.82) is 0 Å². The van der Waals surface area contributed by atoms with Gasteiger partial charge in [0.15, 0.2) is 10.9 Å². The summed E-state index contributed by atoms with van der Waals surface area (Å²) in [4.78, 5) is 27.8. The highest BCUT2D eigenvalue weighted by molar-refractivity contribution is 8.00.